The van der Waals surface area contributed by atoms with Gasteiger partial charge in [-0.3, -0.25) is 9.35 Å². The summed E-state index contributed by atoms with van der Waals surface area (Å²) < 4.78 is 4.68. The summed E-state index contributed by atoms with van der Waals surface area (Å²) in [6.07, 6.45) is 15.5. The Hall–Kier alpha value is -5.48. The first-order chi connectivity index (χ1) is 27.7. The molecule has 0 spiro atoms. The fourth-order valence-electron chi connectivity index (χ4n) is 8.56. The maximum absolute atomic E-state index is 3.83. The van der Waals surface area contributed by atoms with Gasteiger partial charge in [0.05, 0.1) is 22.1 Å². The molecule has 0 aliphatic rings. The van der Waals surface area contributed by atoms with Crippen LogP contribution in [0, 0.1) is 0 Å². The lowest BCUT2D eigenvalue weighted by Gasteiger charge is -2.12. The molecular formula is C52H58N4. The molecule has 8 aromatic rings. The van der Waals surface area contributed by atoms with Crippen molar-refractivity contribution < 1.29 is 0 Å². The number of aromatic nitrogens is 2. The van der Waals surface area contributed by atoms with E-state index in [0.717, 1.165) is 13.1 Å². The molecule has 0 unspecified atom stereocenters. The lowest BCUT2D eigenvalue weighted by molar-refractivity contribution is 0.610. The summed E-state index contributed by atoms with van der Waals surface area (Å²) >= 11 is 0. The average molecular weight is 739 g/mol. The van der Waals surface area contributed by atoms with Crippen LogP contribution in [0.5, 0.6) is 0 Å². The van der Waals surface area contributed by atoms with Gasteiger partial charge in [-0.15, -0.1) is 0 Å². The van der Waals surface area contributed by atoms with E-state index in [9.17, 15) is 0 Å². The molecule has 0 aliphatic carbocycles. The first-order valence-electron chi connectivity index (χ1n) is 21.5. The molecule has 0 saturated heterocycles. The molecule has 4 nitrogen and oxygen atoms in total. The van der Waals surface area contributed by atoms with Crippen LogP contribution in [-0.2, 0) is 0 Å². The molecule has 0 saturated carbocycles. The lowest BCUT2D eigenvalue weighted by atomic mass is 9.98. The number of unbranched alkanes of at least 4 members (excludes halogenated alkanes) is 10. The van der Waals surface area contributed by atoms with Crippen molar-refractivity contribution in [3.8, 4) is 33.4 Å². The highest BCUT2D eigenvalue weighted by molar-refractivity contribution is 6.13. The van der Waals surface area contributed by atoms with Crippen molar-refractivity contribution in [3.05, 3.63) is 133 Å². The van der Waals surface area contributed by atoms with Crippen molar-refractivity contribution in [2.75, 3.05) is 23.9 Å². The third-order valence-electron chi connectivity index (χ3n) is 11.7. The van der Waals surface area contributed by atoms with Gasteiger partial charge in [0.15, 0.2) is 0 Å². The maximum atomic E-state index is 3.83. The predicted octanol–water partition coefficient (Wildman–Crippen LogP) is 14.7. The van der Waals surface area contributed by atoms with Gasteiger partial charge < -0.3 is 10.9 Å². The van der Waals surface area contributed by atoms with Crippen LogP contribution in [0.2, 0.25) is 0 Å². The number of hydrogen-bond acceptors (Lipinski definition) is 2. The van der Waals surface area contributed by atoms with E-state index < -0.39 is 0 Å². The Kier molecular flexibility index (Phi) is 12.0. The quantitative estimate of drug-likeness (QED) is 0.0810. The minimum atomic E-state index is 0.964. The molecule has 0 aliphatic heterocycles. The molecule has 0 fully saturated rings. The van der Waals surface area contributed by atoms with Crippen molar-refractivity contribution in [3.63, 3.8) is 0 Å². The number of nitrogens with zero attached hydrogens (tertiary/aromatic N) is 2. The van der Waals surface area contributed by atoms with E-state index in [-0.39, 0.29) is 0 Å². The first-order valence-corrected chi connectivity index (χ1v) is 21.5. The lowest BCUT2D eigenvalue weighted by Crippen LogP contribution is -2.15. The SMILES string of the molecule is CCCCCCCCNn1c2ccc(-c3ccccc3)cc2c2cc(-c3ccc4c(c3)c3cc(-c5ccccc5)ccc3n4NCCCCCCCC)ccc21. The van der Waals surface area contributed by atoms with Gasteiger partial charge in [0.2, 0.25) is 0 Å². The van der Waals surface area contributed by atoms with E-state index in [4.69, 9.17) is 0 Å². The van der Waals surface area contributed by atoms with E-state index in [1.54, 1.807) is 0 Å². The monoisotopic (exact) mass is 738 g/mol. The summed E-state index contributed by atoms with van der Waals surface area (Å²) in [7, 11) is 0. The van der Waals surface area contributed by atoms with Crippen LogP contribution in [-0.4, -0.2) is 22.4 Å². The van der Waals surface area contributed by atoms with Crippen LogP contribution in [0.25, 0.3) is 77.0 Å². The standard InChI is InChI=1S/C52H58N4/c1-3-5-7-9-11-19-33-53-55-49-29-25-41(39-21-15-13-16-22-39)35-45(49)47-37-43(27-31-51(47)55)44-28-32-52-48(38-44)46-36-42(40-23-17-14-18-24-40)26-30-50(46)56(52)54-34-20-12-10-8-6-4-2/h13-18,21-32,35-38,53-54H,3-12,19-20,33-34H2,1-2H3. The molecule has 286 valence electrons. The highest BCUT2D eigenvalue weighted by Gasteiger charge is 2.16. The number of benzene rings is 6. The Balaban J connectivity index is 1.17. The van der Waals surface area contributed by atoms with E-state index in [0.29, 0.717) is 0 Å². The van der Waals surface area contributed by atoms with Gasteiger partial charge in [-0.25, -0.2) is 0 Å². The van der Waals surface area contributed by atoms with Gasteiger partial charge in [-0.1, -0.05) is 163 Å². The minimum absolute atomic E-state index is 0.964. The molecule has 0 radical (unpaired) electrons. The Morgan fingerprint density at radius 2 is 0.625 bits per heavy atom. The zero-order chi connectivity index (χ0) is 38.1. The molecular weight excluding hydrogens is 681 g/mol. The summed E-state index contributed by atoms with van der Waals surface area (Å²) in [4.78, 5) is 0. The number of nitrogens with one attached hydrogen (secondary N) is 2. The second-order valence-corrected chi connectivity index (χ2v) is 15.7. The largest absolute Gasteiger partial charge is 0.325 e. The summed E-state index contributed by atoms with van der Waals surface area (Å²) in [5.74, 6) is 0. The summed E-state index contributed by atoms with van der Waals surface area (Å²) in [5, 5.41) is 5.12. The molecule has 0 atom stereocenters. The van der Waals surface area contributed by atoms with Crippen LogP contribution in [0.3, 0.4) is 0 Å². The third-order valence-corrected chi connectivity index (χ3v) is 11.7. The fraction of sp³-hybridized carbons (Fsp3) is 0.308. The first kappa shape index (κ1) is 37.4. The van der Waals surface area contributed by atoms with E-state index in [2.05, 4.69) is 168 Å². The van der Waals surface area contributed by atoms with Crippen LogP contribution < -0.4 is 10.9 Å². The molecule has 2 N–H and O–H groups in total. The fourth-order valence-corrected chi connectivity index (χ4v) is 8.56. The molecule has 8 rings (SSSR count). The molecule has 56 heavy (non-hydrogen) atoms. The molecule has 0 amide bonds. The second-order valence-electron chi connectivity index (χ2n) is 15.7. The van der Waals surface area contributed by atoms with Gasteiger partial charge in [0.25, 0.3) is 0 Å². The van der Waals surface area contributed by atoms with Crippen LogP contribution in [0.1, 0.15) is 90.9 Å². The van der Waals surface area contributed by atoms with Gasteiger partial charge >= 0.3 is 0 Å². The number of hydrogen-bond donors (Lipinski definition) is 2. The van der Waals surface area contributed by atoms with Gasteiger partial charge in [0, 0.05) is 34.6 Å². The van der Waals surface area contributed by atoms with Crippen molar-refractivity contribution in [1.29, 1.82) is 0 Å². The van der Waals surface area contributed by atoms with Crippen molar-refractivity contribution in [2.45, 2.75) is 90.9 Å². The van der Waals surface area contributed by atoms with Crippen molar-refractivity contribution >= 4 is 43.6 Å². The van der Waals surface area contributed by atoms with Crippen molar-refractivity contribution in [2.24, 2.45) is 0 Å². The van der Waals surface area contributed by atoms with Crippen LogP contribution in [0.15, 0.2) is 133 Å². The Morgan fingerprint density at radius 1 is 0.321 bits per heavy atom. The zero-order valence-corrected chi connectivity index (χ0v) is 33.5. The van der Waals surface area contributed by atoms with Gasteiger partial charge in [0.1, 0.15) is 0 Å². The van der Waals surface area contributed by atoms with E-state index >= 15 is 0 Å². The molecule has 0 bridgehead atoms. The molecule has 4 heteroatoms. The molecule has 6 aromatic carbocycles. The average Bonchev–Trinajstić information content (AvgIpc) is 3.73. The van der Waals surface area contributed by atoms with E-state index in [1.165, 1.54) is 154 Å². The zero-order valence-electron chi connectivity index (χ0n) is 33.5. The number of rotatable bonds is 19. The minimum Gasteiger partial charge on any atom is -0.325 e. The Bertz CT molecular complexity index is 2330. The Morgan fingerprint density at radius 3 is 0.964 bits per heavy atom. The summed E-state index contributed by atoms with van der Waals surface area (Å²) in [5.41, 5.74) is 20.0. The summed E-state index contributed by atoms with van der Waals surface area (Å²) in [6, 6.07) is 49.6. The van der Waals surface area contributed by atoms with Gasteiger partial charge in [-0.2, -0.15) is 0 Å². The topological polar surface area (TPSA) is 33.9 Å². The highest BCUT2D eigenvalue weighted by Crippen LogP contribution is 2.38. The third kappa shape index (κ3) is 8.07. The Labute approximate surface area is 333 Å². The van der Waals surface area contributed by atoms with Crippen LogP contribution in [0.4, 0.5) is 0 Å². The highest BCUT2D eigenvalue weighted by atomic mass is 15.4. The second kappa shape index (κ2) is 18.0. The predicted molar refractivity (Wildman–Crippen MR) is 244 cm³/mol. The molecule has 2 aromatic heterocycles. The molecule has 2 heterocycles. The number of fused-ring (bicyclic) bond motifs is 6. The van der Waals surface area contributed by atoms with Crippen molar-refractivity contribution in [1.82, 2.24) is 9.35 Å². The van der Waals surface area contributed by atoms with E-state index in [1.807, 2.05) is 0 Å². The van der Waals surface area contributed by atoms with Gasteiger partial charge in [-0.05, 0) is 94.8 Å². The maximum Gasteiger partial charge on any atom is 0.0706 e. The summed E-state index contributed by atoms with van der Waals surface area (Å²) in [6.45, 7) is 6.50. The smallest absolute Gasteiger partial charge is 0.0706 e. The van der Waals surface area contributed by atoms with Crippen LogP contribution >= 0.6 is 0 Å². The normalized spacial score (nSPS) is 11.7.